The summed E-state index contributed by atoms with van der Waals surface area (Å²) in [7, 11) is 1.52. The van der Waals surface area contributed by atoms with Crippen LogP contribution in [-0.2, 0) is 22.5 Å². The lowest BCUT2D eigenvalue weighted by Gasteiger charge is -2.23. The van der Waals surface area contributed by atoms with E-state index in [0.29, 0.717) is 22.8 Å². The summed E-state index contributed by atoms with van der Waals surface area (Å²) in [5.74, 6) is 0.400. The molecule has 3 aromatic carbocycles. The number of rotatable bonds is 9. The number of carboxylic acid groups (broad SMARTS) is 1. The topological polar surface area (TPSA) is 114 Å². The van der Waals surface area contributed by atoms with Crippen molar-refractivity contribution in [2.24, 2.45) is 0 Å². The Bertz CT molecular complexity index is 1440. The van der Waals surface area contributed by atoms with E-state index in [1.54, 1.807) is 35.5 Å². The van der Waals surface area contributed by atoms with E-state index < -0.39 is 18.2 Å². The van der Waals surface area contributed by atoms with Crippen molar-refractivity contribution in [3.63, 3.8) is 0 Å². The van der Waals surface area contributed by atoms with Gasteiger partial charge >= 0.3 is 12.1 Å². The second kappa shape index (κ2) is 10.7. The van der Waals surface area contributed by atoms with Gasteiger partial charge in [-0.15, -0.1) is 0 Å². The van der Waals surface area contributed by atoms with E-state index in [1.807, 2.05) is 55.5 Å². The maximum absolute atomic E-state index is 13.0. The molecule has 0 bridgehead atoms. The maximum Gasteiger partial charge on any atom is 0.411 e. The average Bonchev–Trinajstić information content (AvgIpc) is 3.55. The van der Waals surface area contributed by atoms with Gasteiger partial charge in [-0.2, -0.15) is 5.10 Å². The highest BCUT2D eigenvalue weighted by atomic mass is 16.6. The minimum absolute atomic E-state index is 0.148. The third kappa shape index (κ3) is 5.17. The molecule has 4 aromatic rings. The molecule has 2 N–H and O–H groups in total. The minimum Gasteiger partial charge on any atom is -0.493 e. The van der Waals surface area contributed by atoms with Crippen LogP contribution in [0.25, 0.3) is 11.1 Å². The van der Waals surface area contributed by atoms with Gasteiger partial charge in [0.1, 0.15) is 11.9 Å². The molecule has 0 aliphatic carbocycles. The molecule has 9 nitrogen and oxygen atoms in total. The first-order valence-corrected chi connectivity index (χ1v) is 12.1. The van der Waals surface area contributed by atoms with Crippen molar-refractivity contribution in [1.29, 1.82) is 0 Å². The number of H-pyrrole nitrogens is 1. The van der Waals surface area contributed by atoms with E-state index >= 15 is 0 Å². The smallest absolute Gasteiger partial charge is 0.411 e. The molecule has 38 heavy (non-hydrogen) atoms. The summed E-state index contributed by atoms with van der Waals surface area (Å²) >= 11 is 0. The number of benzene rings is 3. The molecule has 2 unspecified atom stereocenters. The maximum atomic E-state index is 13.0. The SMILES string of the molecule is COc1ccc(CC(=O)O)cc1Oc1ccc(-c2cn[nH]c2)cc1CN1C(=O)OC(c2ccccc2)C1C. The molecule has 5 rings (SSSR count). The Labute approximate surface area is 219 Å². The van der Waals surface area contributed by atoms with Gasteiger partial charge < -0.3 is 19.3 Å². The standard InChI is InChI=1S/C29H27N3O6/c1-18-28(20-6-4-3-5-7-20)38-29(35)32(18)17-22-14-21(23-15-30-31-16-23)9-11-24(22)37-26-12-19(13-27(33)34)8-10-25(26)36-2/h3-12,14-16,18,28H,13,17H2,1-2H3,(H,30,31)(H,33,34). The normalized spacial score (nSPS) is 16.8. The third-order valence-corrected chi connectivity index (χ3v) is 6.56. The Morgan fingerprint density at radius 1 is 1.05 bits per heavy atom. The van der Waals surface area contributed by atoms with Crippen molar-refractivity contribution < 1.29 is 28.9 Å². The number of aromatic nitrogens is 2. The van der Waals surface area contributed by atoms with Gasteiger partial charge in [-0.05, 0) is 47.9 Å². The number of carbonyl (C=O) groups is 2. The number of nitrogens with one attached hydrogen (secondary N) is 1. The molecule has 1 aliphatic rings. The molecule has 2 atom stereocenters. The Hall–Kier alpha value is -4.79. The van der Waals surface area contributed by atoms with Gasteiger partial charge in [0.2, 0.25) is 0 Å². The van der Waals surface area contributed by atoms with Crippen molar-refractivity contribution in [3.05, 3.63) is 95.8 Å². The lowest BCUT2D eigenvalue weighted by Crippen LogP contribution is -2.31. The third-order valence-electron chi connectivity index (χ3n) is 6.56. The highest BCUT2D eigenvalue weighted by Crippen LogP contribution is 2.39. The van der Waals surface area contributed by atoms with Crippen molar-refractivity contribution in [2.45, 2.75) is 32.0 Å². The largest absolute Gasteiger partial charge is 0.493 e. The summed E-state index contributed by atoms with van der Waals surface area (Å²) in [5, 5.41) is 16.1. The van der Waals surface area contributed by atoms with Crippen LogP contribution in [0.4, 0.5) is 4.79 Å². The fraction of sp³-hybridized carbons (Fsp3) is 0.207. The predicted octanol–water partition coefficient (Wildman–Crippen LogP) is 5.59. The van der Waals surface area contributed by atoms with E-state index in [1.165, 1.54) is 7.11 Å². The average molecular weight is 514 g/mol. The zero-order valence-corrected chi connectivity index (χ0v) is 21.0. The van der Waals surface area contributed by atoms with E-state index in [4.69, 9.17) is 14.2 Å². The number of amides is 1. The molecule has 1 amide bonds. The Morgan fingerprint density at radius 3 is 2.55 bits per heavy atom. The highest BCUT2D eigenvalue weighted by Gasteiger charge is 2.40. The number of nitrogens with zero attached hydrogens (tertiary/aromatic N) is 2. The molecule has 9 heteroatoms. The first kappa shape index (κ1) is 24.9. The number of ether oxygens (including phenoxy) is 3. The molecular formula is C29H27N3O6. The van der Waals surface area contributed by atoms with Crippen molar-refractivity contribution in [2.75, 3.05) is 7.11 Å². The number of hydrogen-bond donors (Lipinski definition) is 2. The number of aliphatic carboxylic acids is 1. The zero-order valence-electron chi connectivity index (χ0n) is 21.0. The van der Waals surface area contributed by atoms with Crippen LogP contribution in [0.15, 0.2) is 79.1 Å². The molecule has 2 heterocycles. The molecule has 0 saturated carbocycles. The summed E-state index contributed by atoms with van der Waals surface area (Å²) in [4.78, 5) is 25.9. The fourth-order valence-corrected chi connectivity index (χ4v) is 4.58. The van der Waals surface area contributed by atoms with Crippen LogP contribution in [0.3, 0.4) is 0 Å². The number of methoxy groups -OCH3 is 1. The Balaban J connectivity index is 1.49. The number of aromatic amines is 1. The number of hydrogen-bond acceptors (Lipinski definition) is 6. The Kier molecular flexibility index (Phi) is 6.99. The first-order valence-electron chi connectivity index (χ1n) is 12.1. The quantitative estimate of drug-likeness (QED) is 0.300. The molecule has 1 aromatic heterocycles. The number of carbonyl (C=O) groups excluding carboxylic acids is 1. The second-order valence-electron chi connectivity index (χ2n) is 9.05. The van der Waals surface area contributed by atoms with Crippen LogP contribution in [0.2, 0.25) is 0 Å². The summed E-state index contributed by atoms with van der Waals surface area (Å²) in [6.45, 7) is 2.20. The van der Waals surface area contributed by atoms with Gasteiger partial charge in [-0.1, -0.05) is 42.5 Å². The van der Waals surface area contributed by atoms with Crippen LogP contribution >= 0.6 is 0 Å². The molecule has 0 spiro atoms. The van der Waals surface area contributed by atoms with Gasteiger partial charge in [0.25, 0.3) is 0 Å². The van der Waals surface area contributed by atoms with E-state index in [-0.39, 0.29) is 19.0 Å². The van der Waals surface area contributed by atoms with Crippen molar-refractivity contribution in [1.82, 2.24) is 15.1 Å². The predicted molar refractivity (Wildman–Crippen MR) is 139 cm³/mol. The van der Waals surface area contributed by atoms with Gasteiger partial charge in [0.05, 0.1) is 32.3 Å². The lowest BCUT2D eigenvalue weighted by molar-refractivity contribution is -0.136. The van der Waals surface area contributed by atoms with E-state index in [2.05, 4.69) is 10.2 Å². The second-order valence-corrected chi connectivity index (χ2v) is 9.05. The number of cyclic esters (lactones) is 1. The summed E-state index contributed by atoms with van der Waals surface area (Å²) in [6, 6.07) is 20.1. The van der Waals surface area contributed by atoms with E-state index in [9.17, 15) is 14.7 Å². The van der Waals surface area contributed by atoms with Crippen LogP contribution in [0, 0.1) is 0 Å². The van der Waals surface area contributed by atoms with Crippen LogP contribution in [0.5, 0.6) is 17.2 Å². The zero-order chi connectivity index (χ0) is 26.6. The van der Waals surface area contributed by atoms with E-state index in [0.717, 1.165) is 22.3 Å². The minimum atomic E-state index is -0.944. The summed E-state index contributed by atoms with van der Waals surface area (Å²) in [6.07, 6.45) is 2.56. The van der Waals surface area contributed by atoms with Crippen molar-refractivity contribution >= 4 is 12.1 Å². The molecule has 1 aliphatic heterocycles. The van der Waals surface area contributed by atoms with Gasteiger partial charge in [0.15, 0.2) is 11.5 Å². The highest BCUT2D eigenvalue weighted by molar-refractivity contribution is 5.72. The molecule has 1 saturated heterocycles. The van der Waals surface area contributed by atoms with Crippen LogP contribution in [-0.4, -0.2) is 45.4 Å². The molecule has 0 radical (unpaired) electrons. The number of carboxylic acids is 1. The fourth-order valence-electron chi connectivity index (χ4n) is 4.58. The van der Waals surface area contributed by atoms with Gasteiger partial charge in [-0.3, -0.25) is 14.8 Å². The van der Waals surface area contributed by atoms with Crippen molar-refractivity contribution in [3.8, 4) is 28.4 Å². The molecule has 194 valence electrons. The Morgan fingerprint density at radius 2 is 1.84 bits per heavy atom. The van der Waals surface area contributed by atoms with Crippen LogP contribution in [0.1, 0.15) is 29.7 Å². The van der Waals surface area contributed by atoms with Crippen LogP contribution < -0.4 is 9.47 Å². The molecule has 1 fully saturated rings. The monoisotopic (exact) mass is 513 g/mol. The lowest BCUT2D eigenvalue weighted by atomic mass is 10.0. The first-order chi connectivity index (χ1) is 18.4. The van der Waals surface area contributed by atoms with Gasteiger partial charge in [-0.25, -0.2) is 4.79 Å². The summed E-state index contributed by atoms with van der Waals surface area (Å²) < 4.78 is 17.5. The van der Waals surface area contributed by atoms with Gasteiger partial charge in [0, 0.05) is 17.3 Å². The summed E-state index contributed by atoms with van der Waals surface area (Å²) in [5.41, 5.74) is 4.03. The molecular weight excluding hydrogens is 486 g/mol.